The minimum Gasteiger partial charge on any atom is -0.342 e. The number of carbonyl (C=O) groups excluding carboxylic acids is 3. The van der Waals surface area contributed by atoms with Crippen molar-refractivity contribution in [3.63, 3.8) is 0 Å². The number of halogens is 2. The number of carbonyl (C=O) groups is 3. The number of hydrogen-bond donors (Lipinski definition) is 2. The molecule has 0 aliphatic rings. The third-order valence-electron chi connectivity index (χ3n) is 3.75. The lowest BCUT2D eigenvalue weighted by Crippen LogP contribution is -2.54. The van der Waals surface area contributed by atoms with Gasteiger partial charge in [-0.1, -0.05) is 30.3 Å². The molecular formula is C17H23F2N3O3. The molecule has 3 N–H and O–H groups in total. The quantitative estimate of drug-likeness (QED) is 0.639. The number of rotatable bonds is 9. The first-order valence-electron chi connectivity index (χ1n) is 8.01. The predicted molar refractivity (Wildman–Crippen MR) is 89.0 cm³/mol. The normalized spacial score (nSPS) is 12.4. The van der Waals surface area contributed by atoms with Gasteiger partial charge >= 0.3 is 5.92 Å². The zero-order valence-electron chi connectivity index (χ0n) is 14.3. The number of Topliss-reactive ketones (excluding diaryl/α,β-unsaturated/α-hetero) is 1. The molecule has 0 saturated carbocycles. The fourth-order valence-corrected chi connectivity index (χ4v) is 2.26. The van der Waals surface area contributed by atoms with E-state index in [0.717, 1.165) is 0 Å². The third-order valence-corrected chi connectivity index (χ3v) is 3.75. The summed E-state index contributed by atoms with van der Waals surface area (Å²) in [6.45, 7) is 3.64. The van der Waals surface area contributed by atoms with Crippen molar-refractivity contribution in [1.29, 1.82) is 0 Å². The van der Waals surface area contributed by atoms with Gasteiger partial charge in [0.25, 0.3) is 5.91 Å². The summed E-state index contributed by atoms with van der Waals surface area (Å²) in [6.07, 6.45) is -0.110. The maximum absolute atomic E-state index is 14.0. The van der Waals surface area contributed by atoms with Crippen LogP contribution in [0.5, 0.6) is 0 Å². The zero-order chi connectivity index (χ0) is 19.0. The molecule has 2 amide bonds. The Morgan fingerprint density at radius 3 is 2.24 bits per heavy atom. The molecule has 0 aliphatic heterocycles. The molecule has 25 heavy (non-hydrogen) atoms. The van der Waals surface area contributed by atoms with Gasteiger partial charge in [0, 0.05) is 13.1 Å². The number of nitrogens with one attached hydrogen (secondary N) is 1. The average molecular weight is 355 g/mol. The Bertz CT molecular complexity index is 604. The van der Waals surface area contributed by atoms with Gasteiger partial charge in [-0.25, -0.2) is 0 Å². The van der Waals surface area contributed by atoms with Crippen LogP contribution in [0, 0.1) is 0 Å². The fraction of sp³-hybridized carbons (Fsp3) is 0.471. The number of amides is 2. The highest BCUT2D eigenvalue weighted by Crippen LogP contribution is 2.18. The first-order chi connectivity index (χ1) is 11.7. The summed E-state index contributed by atoms with van der Waals surface area (Å²) in [5, 5.41) is 1.81. The maximum atomic E-state index is 14.0. The predicted octanol–water partition coefficient (Wildman–Crippen LogP) is 0.745. The molecule has 0 radical (unpaired) electrons. The average Bonchev–Trinajstić information content (AvgIpc) is 2.60. The van der Waals surface area contributed by atoms with Gasteiger partial charge in [-0.05, 0) is 25.8 Å². The van der Waals surface area contributed by atoms with Crippen molar-refractivity contribution in [1.82, 2.24) is 10.2 Å². The molecule has 0 aliphatic carbocycles. The molecule has 6 nitrogen and oxygen atoms in total. The van der Waals surface area contributed by atoms with Crippen molar-refractivity contribution in [2.75, 3.05) is 19.6 Å². The van der Waals surface area contributed by atoms with E-state index in [0.29, 0.717) is 18.7 Å². The van der Waals surface area contributed by atoms with Crippen LogP contribution in [0.2, 0.25) is 0 Å². The molecule has 1 aromatic carbocycles. The van der Waals surface area contributed by atoms with E-state index in [4.69, 9.17) is 5.73 Å². The van der Waals surface area contributed by atoms with Gasteiger partial charge in [0.1, 0.15) is 0 Å². The molecule has 0 spiro atoms. The van der Waals surface area contributed by atoms with Crippen LogP contribution in [0.1, 0.15) is 19.4 Å². The molecular weight excluding hydrogens is 332 g/mol. The Kier molecular flexibility index (Phi) is 7.63. The Hall–Kier alpha value is -2.35. The van der Waals surface area contributed by atoms with Gasteiger partial charge in [-0.2, -0.15) is 8.78 Å². The second-order valence-electron chi connectivity index (χ2n) is 5.48. The van der Waals surface area contributed by atoms with E-state index in [1.165, 1.54) is 4.90 Å². The number of hydrogen-bond acceptors (Lipinski definition) is 4. The Morgan fingerprint density at radius 1 is 1.16 bits per heavy atom. The van der Waals surface area contributed by atoms with E-state index >= 15 is 0 Å². The van der Waals surface area contributed by atoms with Crippen molar-refractivity contribution in [2.45, 2.75) is 32.2 Å². The fourth-order valence-electron chi connectivity index (χ4n) is 2.26. The number of alkyl halides is 2. The molecule has 1 rings (SSSR count). The molecule has 0 fully saturated rings. The van der Waals surface area contributed by atoms with Crippen LogP contribution in [0.4, 0.5) is 8.78 Å². The van der Waals surface area contributed by atoms with Gasteiger partial charge in [-0.15, -0.1) is 0 Å². The summed E-state index contributed by atoms with van der Waals surface area (Å²) >= 11 is 0. The molecule has 0 heterocycles. The molecule has 8 heteroatoms. The number of ketones is 1. The summed E-state index contributed by atoms with van der Waals surface area (Å²) in [4.78, 5) is 36.6. The highest BCUT2D eigenvalue weighted by molar-refractivity contribution is 6.10. The van der Waals surface area contributed by atoms with E-state index in [9.17, 15) is 23.2 Å². The lowest BCUT2D eigenvalue weighted by molar-refractivity contribution is -0.159. The smallest absolute Gasteiger partial charge is 0.342 e. The monoisotopic (exact) mass is 355 g/mol. The van der Waals surface area contributed by atoms with Crippen LogP contribution < -0.4 is 11.1 Å². The van der Waals surface area contributed by atoms with E-state index < -0.39 is 36.1 Å². The molecule has 0 aromatic heterocycles. The van der Waals surface area contributed by atoms with Crippen molar-refractivity contribution in [3.8, 4) is 0 Å². The summed E-state index contributed by atoms with van der Waals surface area (Å²) < 4.78 is 28.0. The standard InChI is InChI=1S/C17H23F2N3O3/c1-3-22(4-2)14(23)11-21-16(25)17(18,19)15(24)13(20)10-12-8-6-5-7-9-12/h5-9,13H,3-4,10-11,20H2,1-2H3,(H,21,25)/t13-/m0/s1. The molecule has 1 aromatic rings. The van der Waals surface area contributed by atoms with Crippen LogP contribution >= 0.6 is 0 Å². The Morgan fingerprint density at radius 2 is 1.72 bits per heavy atom. The number of nitrogens with zero attached hydrogens (tertiary/aromatic N) is 1. The van der Waals surface area contributed by atoms with Crippen molar-refractivity contribution in [3.05, 3.63) is 35.9 Å². The lowest BCUT2D eigenvalue weighted by Gasteiger charge is -2.21. The van der Waals surface area contributed by atoms with Crippen molar-refractivity contribution >= 4 is 17.6 Å². The SMILES string of the molecule is CCN(CC)C(=O)CNC(=O)C(F)(F)C(=O)[C@@H](N)Cc1ccccc1. The lowest BCUT2D eigenvalue weighted by atomic mass is 9.99. The van der Waals surface area contributed by atoms with Crippen LogP contribution in [0.25, 0.3) is 0 Å². The Balaban J connectivity index is 2.66. The minimum absolute atomic E-state index is 0.110. The van der Waals surface area contributed by atoms with E-state index in [1.54, 1.807) is 44.2 Å². The van der Waals surface area contributed by atoms with E-state index in [2.05, 4.69) is 0 Å². The second-order valence-corrected chi connectivity index (χ2v) is 5.48. The maximum Gasteiger partial charge on any atom is 0.383 e. The van der Waals surface area contributed by atoms with Crippen LogP contribution in [0.15, 0.2) is 30.3 Å². The first-order valence-corrected chi connectivity index (χ1v) is 8.01. The zero-order valence-corrected chi connectivity index (χ0v) is 14.3. The highest BCUT2D eigenvalue weighted by atomic mass is 19.3. The largest absolute Gasteiger partial charge is 0.383 e. The van der Waals surface area contributed by atoms with Gasteiger partial charge < -0.3 is 16.0 Å². The van der Waals surface area contributed by atoms with Gasteiger partial charge in [0.2, 0.25) is 11.7 Å². The highest BCUT2D eigenvalue weighted by Gasteiger charge is 2.49. The molecule has 1 atom stereocenters. The van der Waals surface area contributed by atoms with Gasteiger partial charge in [0.15, 0.2) is 0 Å². The van der Waals surface area contributed by atoms with Crippen LogP contribution in [0.3, 0.4) is 0 Å². The third kappa shape index (κ3) is 5.60. The molecule has 0 bridgehead atoms. The number of benzene rings is 1. The van der Waals surface area contributed by atoms with Crippen LogP contribution in [-0.2, 0) is 20.8 Å². The summed E-state index contributed by atoms with van der Waals surface area (Å²) in [6, 6.07) is 6.89. The summed E-state index contributed by atoms with van der Waals surface area (Å²) in [5.41, 5.74) is 6.14. The number of nitrogens with two attached hydrogens (primary N) is 1. The minimum atomic E-state index is -4.29. The summed E-state index contributed by atoms with van der Waals surface area (Å²) in [5.74, 6) is -8.29. The molecule has 0 saturated heterocycles. The Labute approximate surface area is 145 Å². The summed E-state index contributed by atoms with van der Waals surface area (Å²) in [7, 11) is 0. The topological polar surface area (TPSA) is 92.5 Å². The van der Waals surface area contributed by atoms with Crippen molar-refractivity contribution in [2.24, 2.45) is 5.73 Å². The van der Waals surface area contributed by atoms with Crippen LogP contribution in [-0.4, -0.2) is 54.1 Å². The molecule has 0 unspecified atom stereocenters. The van der Waals surface area contributed by atoms with Crippen molar-refractivity contribution < 1.29 is 23.2 Å². The first kappa shape index (κ1) is 20.7. The second kappa shape index (κ2) is 9.22. The van der Waals surface area contributed by atoms with E-state index in [1.807, 2.05) is 5.32 Å². The van der Waals surface area contributed by atoms with E-state index in [-0.39, 0.29) is 6.42 Å². The number of likely N-dealkylation sites (N-methyl/N-ethyl adjacent to an activating group) is 1. The van der Waals surface area contributed by atoms with Gasteiger partial charge in [-0.3, -0.25) is 14.4 Å². The molecule has 138 valence electrons. The van der Waals surface area contributed by atoms with Gasteiger partial charge in [0.05, 0.1) is 12.6 Å².